The first kappa shape index (κ1) is 30.4. The van der Waals surface area contributed by atoms with Crippen LogP contribution in [0.25, 0.3) is 44.1 Å². The molecule has 3 heterocycles. The molecule has 7 rings (SSSR count). The standard InChI is InChI=1S/C44H48N2/c1-6-9-16-32-22-24-37-34(29-32)26-28-46-43(37)39-20-13-12-19-38(39)40(30-44(46,7-2)8-3)31(4)35-25-23-33-17-10-11-18-36(33)42(35)41-21-14-15-27-45(41)5/h10-15,17-29,31,40H,6-9,16,30H2,1-5H3/q+2. The van der Waals surface area contributed by atoms with Gasteiger partial charge in [0.25, 0.3) is 0 Å². The van der Waals surface area contributed by atoms with Gasteiger partial charge in [0.05, 0.1) is 16.5 Å². The fourth-order valence-corrected chi connectivity index (χ4v) is 8.46. The Kier molecular flexibility index (Phi) is 8.24. The van der Waals surface area contributed by atoms with Crippen LogP contribution in [0.1, 0.15) is 88.3 Å². The van der Waals surface area contributed by atoms with E-state index in [1.807, 2.05) is 0 Å². The van der Waals surface area contributed by atoms with E-state index in [0.29, 0.717) is 11.8 Å². The first-order valence-electron chi connectivity index (χ1n) is 17.5. The summed E-state index contributed by atoms with van der Waals surface area (Å²) in [7, 11) is 2.18. The monoisotopic (exact) mass is 604 g/mol. The Bertz CT molecular complexity index is 2030. The Labute approximate surface area is 275 Å². The Hall–Kier alpha value is -4.30. The van der Waals surface area contributed by atoms with E-state index >= 15 is 0 Å². The molecule has 0 saturated carbocycles. The van der Waals surface area contributed by atoms with Crippen molar-refractivity contribution in [2.24, 2.45) is 7.05 Å². The minimum absolute atomic E-state index is 0.0107. The highest BCUT2D eigenvalue weighted by atomic mass is 15.1. The molecule has 2 nitrogen and oxygen atoms in total. The second kappa shape index (κ2) is 12.5. The number of pyridine rings is 2. The maximum Gasteiger partial charge on any atom is 0.221 e. The minimum Gasteiger partial charge on any atom is -0.201 e. The van der Waals surface area contributed by atoms with Crippen LogP contribution in [-0.2, 0) is 19.0 Å². The first-order chi connectivity index (χ1) is 22.5. The molecule has 0 fully saturated rings. The van der Waals surface area contributed by atoms with Crippen molar-refractivity contribution in [3.63, 3.8) is 0 Å². The average molecular weight is 605 g/mol. The van der Waals surface area contributed by atoms with Crippen LogP contribution in [0.5, 0.6) is 0 Å². The van der Waals surface area contributed by atoms with Gasteiger partial charge >= 0.3 is 0 Å². The molecule has 46 heavy (non-hydrogen) atoms. The summed E-state index contributed by atoms with van der Waals surface area (Å²) in [5, 5.41) is 5.35. The number of hydrogen-bond donors (Lipinski definition) is 0. The molecular weight excluding hydrogens is 556 g/mol. The van der Waals surface area contributed by atoms with Crippen molar-refractivity contribution >= 4 is 21.5 Å². The summed E-state index contributed by atoms with van der Waals surface area (Å²) in [6, 6.07) is 39.2. The highest BCUT2D eigenvalue weighted by molar-refractivity contribution is 5.97. The smallest absolute Gasteiger partial charge is 0.201 e. The lowest BCUT2D eigenvalue weighted by atomic mass is 9.72. The van der Waals surface area contributed by atoms with Gasteiger partial charge in [-0.3, -0.25) is 0 Å². The highest BCUT2D eigenvalue weighted by Crippen LogP contribution is 2.50. The highest BCUT2D eigenvalue weighted by Gasteiger charge is 2.47. The minimum atomic E-state index is 0.0107. The van der Waals surface area contributed by atoms with E-state index in [0.717, 1.165) is 25.7 Å². The molecule has 0 bridgehead atoms. The number of aromatic nitrogens is 2. The Morgan fingerprint density at radius 1 is 0.761 bits per heavy atom. The quantitative estimate of drug-likeness (QED) is 0.153. The van der Waals surface area contributed by atoms with E-state index in [4.69, 9.17) is 0 Å². The summed E-state index contributed by atoms with van der Waals surface area (Å²) < 4.78 is 4.97. The van der Waals surface area contributed by atoms with Crippen molar-refractivity contribution in [1.29, 1.82) is 0 Å². The van der Waals surface area contributed by atoms with Crippen LogP contribution in [0.2, 0.25) is 0 Å². The predicted octanol–water partition coefficient (Wildman–Crippen LogP) is 10.6. The third-order valence-corrected chi connectivity index (χ3v) is 11.2. The normalized spacial score (nSPS) is 16.2. The molecule has 2 unspecified atom stereocenters. The van der Waals surface area contributed by atoms with Crippen LogP contribution in [0.15, 0.2) is 116 Å². The Balaban J connectivity index is 1.47. The lowest BCUT2D eigenvalue weighted by Crippen LogP contribution is -2.56. The molecule has 0 saturated heterocycles. The summed E-state index contributed by atoms with van der Waals surface area (Å²) in [5.74, 6) is 0.657. The van der Waals surface area contributed by atoms with Crippen molar-refractivity contribution in [2.45, 2.75) is 83.6 Å². The fourth-order valence-electron chi connectivity index (χ4n) is 8.46. The van der Waals surface area contributed by atoms with Crippen LogP contribution in [0.4, 0.5) is 0 Å². The topological polar surface area (TPSA) is 7.76 Å². The summed E-state index contributed by atoms with van der Waals surface area (Å²) in [5.41, 5.74) is 9.78. The third kappa shape index (κ3) is 5.03. The molecular formula is C44H48N2+2. The molecule has 0 N–H and O–H groups in total. The lowest BCUT2D eigenvalue weighted by Gasteiger charge is -2.33. The molecule has 232 valence electrons. The summed E-state index contributed by atoms with van der Waals surface area (Å²) in [6.45, 7) is 9.58. The van der Waals surface area contributed by atoms with E-state index < -0.39 is 0 Å². The number of fused-ring (bicyclic) bond motifs is 6. The molecule has 0 aliphatic carbocycles. The van der Waals surface area contributed by atoms with Gasteiger partial charge in [0.15, 0.2) is 17.9 Å². The summed E-state index contributed by atoms with van der Waals surface area (Å²) >= 11 is 0. The van der Waals surface area contributed by atoms with Crippen molar-refractivity contribution in [1.82, 2.24) is 0 Å². The summed E-state index contributed by atoms with van der Waals surface area (Å²) in [4.78, 5) is 0. The second-order valence-corrected chi connectivity index (χ2v) is 13.6. The average Bonchev–Trinajstić information content (AvgIpc) is 3.23. The number of rotatable bonds is 8. The van der Waals surface area contributed by atoms with E-state index in [9.17, 15) is 0 Å². The lowest BCUT2D eigenvalue weighted by molar-refractivity contribution is -0.756. The molecule has 1 aliphatic heterocycles. The van der Waals surface area contributed by atoms with Crippen molar-refractivity contribution < 1.29 is 9.13 Å². The first-order valence-corrected chi connectivity index (χ1v) is 17.5. The van der Waals surface area contributed by atoms with Crippen LogP contribution >= 0.6 is 0 Å². The SMILES string of the molecule is CCCCc1ccc2c3[n+](ccc2c1)C(CC)(CC)CC(C(C)c1ccc2ccccc2c1-c1cccc[n+]1C)c1ccccc1-3. The maximum atomic E-state index is 2.69. The molecule has 4 aromatic carbocycles. The maximum absolute atomic E-state index is 2.69. The number of unbranched alkanes of at least 4 members (excludes halogenated alkanes) is 1. The van der Waals surface area contributed by atoms with Gasteiger partial charge in [-0.15, -0.1) is 0 Å². The van der Waals surface area contributed by atoms with Crippen molar-refractivity contribution in [3.05, 3.63) is 132 Å². The molecule has 2 heteroatoms. The predicted molar refractivity (Wildman–Crippen MR) is 193 cm³/mol. The second-order valence-electron chi connectivity index (χ2n) is 13.6. The van der Waals surface area contributed by atoms with Gasteiger partial charge in [-0.2, -0.15) is 4.57 Å². The van der Waals surface area contributed by atoms with E-state index in [-0.39, 0.29) is 5.54 Å². The van der Waals surface area contributed by atoms with E-state index in [2.05, 4.69) is 159 Å². The van der Waals surface area contributed by atoms with Gasteiger partial charge in [0.1, 0.15) is 7.05 Å². The van der Waals surface area contributed by atoms with Crippen LogP contribution in [-0.4, -0.2) is 0 Å². The van der Waals surface area contributed by atoms with Gasteiger partial charge in [-0.1, -0.05) is 101 Å². The molecule has 0 radical (unpaired) electrons. The van der Waals surface area contributed by atoms with Gasteiger partial charge in [0.2, 0.25) is 11.4 Å². The van der Waals surface area contributed by atoms with Crippen LogP contribution in [0, 0.1) is 0 Å². The van der Waals surface area contributed by atoms with Crippen molar-refractivity contribution in [3.8, 4) is 22.5 Å². The number of hydrogen-bond acceptors (Lipinski definition) is 0. The molecule has 0 spiro atoms. The number of nitrogens with zero attached hydrogens (tertiary/aromatic N) is 2. The van der Waals surface area contributed by atoms with Crippen molar-refractivity contribution in [2.75, 3.05) is 0 Å². The fraction of sp³-hybridized carbons (Fsp3) is 0.318. The summed E-state index contributed by atoms with van der Waals surface area (Å²) in [6.07, 6.45) is 11.5. The Morgan fingerprint density at radius 3 is 2.35 bits per heavy atom. The van der Waals surface area contributed by atoms with Gasteiger partial charge in [-0.25, -0.2) is 4.57 Å². The third-order valence-electron chi connectivity index (χ3n) is 11.2. The van der Waals surface area contributed by atoms with Gasteiger partial charge in [-0.05, 0) is 75.7 Å². The van der Waals surface area contributed by atoms with E-state index in [1.165, 1.54) is 73.6 Å². The molecule has 1 aliphatic rings. The zero-order chi connectivity index (χ0) is 31.8. The molecule has 6 aromatic rings. The zero-order valence-corrected chi connectivity index (χ0v) is 28.3. The van der Waals surface area contributed by atoms with Gasteiger partial charge < -0.3 is 0 Å². The van der Waals surface area contributed by atoms with Crippen LogP contribution < -0.4 is 9.13 Å². The number of benzene rings is 4. The largest absolute Gasteiger partial charge is 0.221 e. The number of aryl methyl sites for hydroxylation is 2. The molecule has 2 atom stereocenters. The molecule has 0 amide bonds. The van der Waals surface area contributed by atoms with E-state index in [1.54, 1.807) is 0 Å². The Morgan fingerprint density at radius 2 is 1.54 bits per heavy atom. The van der Waals surface area contributed by atoms with Crippen LogP contribution in [0.3, 0.4) is 0 Å². The molecule has 2 aromatic heterocycles. The van der Waals surface area contributed by atoms with Gasteiger partial charge in [0, 0.05) is 37.5 Å². The zero-order valence-electron chi connectivity index (χ0n) is 28.3.